The highest BCUT2D eigenvalue weighted by Gasteiger charge is 2.40. The fourth-order valence-corrected chi connectivity index (χ4v) is 3.71. The molecule has 0 amide bonds. The van der Waals surface area contributed by atoms with Crippen LogP contribution in [0, 0.1) is 0 Å². The van der Waals surface area contributed by atoms with Crippen LogP contribution in [0.4, 0.5) is 11.4 Å². The number of hydrogen-bond acceptors (Lipinski definition) is 7. The zero-order valence-electron chi connectivity index (χ0n) is 17.2. The van der Waals surface area contributed by atoms with Gasteiger partial charge >= 0.3 is 5.97 Å². The van der Waals surface area contributed by atoms with Gasteiger partial charge in [-0.05, 0) is 42.5 Å². The minimum absolute atomic E-state index is 0.0687. The average Bonchev–Trinajstić information content (AvgIpc) is 3.22. The number of nitrogens with one attached hydrogen (secondary N) is 2. The summed E-state index contributed by atoms with van der Waals surface area (Å²) in [4.78, 5) is 11.4. The number of ether oxygens (including phenoxy) is 2. The number of aromatic carboxylic acids is 1. The van der Waals surface area contributed by atoms with Gasteiger partial charge in [0.25, 0.3) is 0 Å². The standard InChI is InChI=1S/C24H24N2O6/c27-11-13-31-19-6-2-17(3-7-19)24(18-4-8-20(9-5-18)32-14-12-28)25-21-10-1-16(23(29)30)15-22(21)26-24/h1-10,15,25-28H,11-14H2,(H,29,30). The molecule has 0 unspecified atom stereocenters. The quantitative estimate of drug-likeness (QED) is 0.347. The SMILES string of the molecule is O=C(O)c1ccc2c(c1)NC(c1ccc(OCCO)cc1)(c1ccc(OCCO)cc1)N2. The molecule has 0 saturated heterocycles. The lowest BCUT2D eigenvalue weighted by molar-refractivity contribution is 0.0697. The van der Waals surface area contributed by atoms with Crippen molar-refractivity contribution < 1.29 is 29.6 Å². The Hall–Kier alpha value is -3.75. The molecule has 4 rings (SSSR count). The van der Waals surface area contributed by atoms with E-state index in [2.05, 4.69) is 10.6 Å². The minimum atomic E-state index is -0.997. The number of aliphatic hydroxyl groups is 2. The summed E-state index contributed by atoms with van der Waals surface area (Å²) in [5, 5.41) is 34.3. The summed E-state index contributed by atoms with van der Waals surface area (Å²) in [5.41, 5.74) is 2.54. The fourth-order valence-electron chi connectivity index (χ4n) is 3.71. The van der Waals surface area contributed by atoms with E-state index in [1.807, 2.05) is 48.5 Å². The molecule has 0 aromatic heterocycles. The number of carboxylic acid groups (broad SMARTS) is 1. The monoisotopic (exact) mass is 436 g/mol. The molecule has 0 bridgehead atoms. The summed E-state index contributed by atoms with van der Waals surface area (Å²) < 4.78 is 11.0. The van der Waals surface area contributed by atoms with E-state index in [0.717, 1.165) is 16.8 Å². The van der Waals surface area contributed by atoms with Crippen LogP contribution < -0.4 is 20.1 Å². The highest BCUT2D eigenvalue weighted by molar-refractivity contribution is 5.92. The van der Waals surface area contributed by atoms with Gasteiger partial charge in [-0.1, -0.05) is 24.3 Å². The number of fused-ring (bicyclic) bond motifs is 1. The second-order valence-corrected chi connectivity index (χ2v) is 7.26. The van der Waals surface area contributed by atoms with Crippen LogP contribution in [0.3, 0.4) is 0 Å². The fraction of sp³-hybridized carbons (Fsp3) is 0.208. The predicted molar refractivity (Wildman–Crippen MR) is 119 cm³/mol. The molecule has 0 radical (unpaired) electrons. The maximum atomic E-state index is 11.4. The molecule has 5 N–H and O–H groups in total. The van der Waals surface area contributed by atoms with Crippen LogP contribution in [-0.4, -0.2) is 47.7 Å². The van der Waals surface area contributed by atoms with E-state index in [-0.39, 0.29) is 32.0 Å². The van der Waals surface area contributed by atoms with Crippen molar-refractivity contribution in [3.8, 4) is 11.5 Å². The van der Waals surface area contributed by atoms with Gasteiger partial charge in [0.2, 0.25) is 0 Å². The summed E-state index contributed by atoms with van der Waals surface area (Å²) in [6.07, 6.45) is 0. The van der Waals surface area contributed by atoms with E-state index >= 15 is 0 Å². The van der Waals surface area contributed by atoms with E-state index < -0.39 is 11.6 Å². The third-order valence-corrected chi connectivity index (χ3v) is 5.21. The molecule has 1 heterocycles. The van der Waals surface area contributed by atoms with Gasteiger partial charge < -0.3 is 35.4 Å². The second kappa shape index (κ2) is 9.17. The Morgan fingerprint density at radius 2 is 1.25 bits per heavy atom. The van der Waals surface area contributed by atoms with E-state index in [0.29, 0.717) is 17.2 Å². The first kappa shape index (κ1) is 21.5. The first-order valence-electron chi connectivity index (χ1n) is 10.2. The molecule has 0 fully saturated rings. The number of anilines is 2. The molecular weight excluding hydrogens is 412 g/mol. The van der Waals surface area contributed by atoms with Gasteiger partial charge in [0.05, 0.1) is 30.2 Å². The molecule has 32 heavy (non-hydrogen) atoms. The Morgan fingerprint density at radius 3 is 1.72 bits per heavy atom. The van der Waals surface area contributed by atoms with Crippen LogP contribution in [0.25, 0.3) is 0 Å². The van der Waals surface area contributed by atoms with E-state index in [1.54, 1.807) is 18.2 Å². The van der Waals surface area contributed by atoms with Gasteiger partial charge in [0.15, 0.2) is 5.66 Å². The lowest BCUT2D eigenvalue weighted by Crippen LogP contribution is -2.40. The molecule has 0 saturated carbocycles. The molecule has 3 aromatic carbocycles. The van der Waals surface area contributed by atoms with Gasteiger partial charge in [-0.2, -0.15) is 0 Å². The maximum Gasteiger partial charge on any atom is 0.335 e. The van der Waals surface area contributed by atoms with Crippen molar-refractivity contribution in [1.82, 2.24) is 0 Å². The maximum absolute atomic E-state index is 11.4. The Kier molecular flexibility index (Phi) is 6.16. The van der Waals surface area contributed by atoms with Crippen LogP contribution >= 0.6 is 0 Å². The van der Waals surface area contributed by atoms with Crippen molar-refractivity contribution in [1.29, 1.82) is 0 Å². The number of carbonyl (C=O) groups is 1. The van der Waals surface area contributed by atoms with Crippen LogP contribution in [0.2, 0.25) is 0 Å². The molecule has 166 valence electrons. The number of benzene rings is 3. The zero-order chi connectivity index (χ0) is 22.6. The Bertz CT molecular complexity index is 1030. The molecule has 8 nitrogen and oxygen atoms in total. The molecule has 8 heteroatoms. The molecule has 0 atom stereocenters. The third kappa shape index (κ3) is 4.18. The second-order valence-electron chi connectivity index (χ2n) is 7.26. The lowest BCUT2D eigenvalue weighted by atomic mass is 9.91. The van der Waals surface area contributed by atoms with Crippen molar-refractivity contribution in [3.63, 3.8) is 0 Å². The Labute approximate surface area is 185 Å². The van der Waals surface area contributed by atoms with Crippen LogP contribution in [0.15, 0.2) is 66.7 Å². The molecule has 1 aliphatic heterocycles. The van der Waals surface area contributed by atoms with Gasteiger partial charge in [0, 0.05) is 11.1 Å². The number of carboxylic acids is 1. The van der Waals surface area contributed by atoms with Crippen LogP contribution in [0.5, 0.6) is 11.5 Å². The summed E-state index contributed by atoms with van der Waals surface area (Å²) in [5.74, 6) is 0.270. The smallest absolute Gasteiger partial charge is 0.335 e. The van der Waals surface area contributed by atoms with Gasteiger partial charge in [-0.3, -0.25) is 0 Å². The third-order valence-electron chi connectivity index (χ3n) is 5.21. The molecular formula is C24H24N2O6. The molecule has 0 spiro atoms. The van der Waals surface area contributed by atoms with Crippen molar-refractivity contribution in [2.24, 2.45) is 0 Å². The normalized spacial score (nSPS) is 13.6. The van der Waals surface area contributed by atoms with Crippen LogP contribution in [-0.2, 0) is 5.66 Å². The Balaban J connectivity index is 1.73. The van der Waals surface area contributed by atoms with Gasteiger partial charge in [-0.15, -0.1) is 0 Å². The highest BCUT2D eigenvalue weighted by Crippen LogP contribution is 2.44. The first-order valence-corrected chi connectivity index (χ1v) is 10.2. The van der Waals surface area contributed by atoms with Crippen molar-refractivity contribution in [2.75, 3.05) is 37.1 Å². The van der Waals surface area contributed by atoms with Gasteiger partial charge in [-0.25, -0.2) is 4.79 Å². The molecule has 3 aromatic rings. The van der Waals surface area contributed by atoms with E-state index in [9.17, 15) is 9.90 Å². The zero-order valence-corrected chi connectivity index (χ0v) is 17.2. The molecule has 0 aliphatic carbocycles. The largest absolute Gasteiger partial charge is 0.491 e. The summed E-state index contributed by atoms with van der Waals surface area (Å²) in [6.45, 7) is 0.279. The van der Waals surface area contributed by atoms with E-state index in [1.165, 1.54) is 0 Å². The predicted octanol–water partition coefficient (Wildman–Crippen LogP) is 2.87. The summed E-state index contributed by atoms with van der Waals surface area (Å²) in [6, 6.07) is 19.8. The highest BCUT2D eigenvalue weighted by atomic mass is 16.5. The topological polar surface area (TPSA) is 120 Å². The number of rotatable bonds is 9. The van der Waals surface area contributed by atoms with Crippen molar-refractivity contribution in [3.05, 3.63) is 83.4 Å². The van der Waals surface area contributed by atoms with Crippen molar-refractivity contribution >= 4 is 17.3 Å². The minimum Gasteiger partial charge on any atom is -0.491 e. The first-order chi connectivity index (χ1) is 15.6. The average molecular weight is 436 g/mol. The Morgan fingerprint density at radius 1 is 0.750 bits per heavy atom. The van der Waals surface area contributed by atoms with E-state index in [4.69, 9.17) is 19.7 Å². The number of hydrogen-bond donors (Lipinski definition) is 5. The lowest BCUT2D eigenvalue weighted by Gasteiger charge is -2.32. The summed E-state index contributed by atoms with van der Waals surface area (Å²) >= 11 is 0. The van der Waals surface area contributed by atoms with Gasteiger partial charge in [0.1, 0.15) is 24.7 Å². The van der Waals surface area contributed by atoms with Crippen molar-refractivity contribution in [2.45, 2.75) is 5.66 Å². The summed E-state index contributed by atoms with van der Waals surface area (Å²) in [7, 11) is 0. The number of aliphatic hydroxyl groups excluding tert-OH is 2. The van der Waals surface area contributed by atoms with Crippen LogP contribution in [0.1, 0.15) is 21.5 Å². The molecule has 1 aliphatic rings.